The zero-order valence-corrected chi connectivity index (χ0v) is 24.1. The number of ether oxygens (including phenoxy) is 1. The topological polar surface area (TPSA) is 92.0 Å². The van der Waals surface area contributed by atoms with Crippen LogP contribution in [-0.4, -0.2) is 64.7 Å². The number of fused-ring (bicyclic) bond motifs is 1. The van der Waals surface area contributed by atoms with E-state index in [-0.39, 0.29) is 18.2 Å². The van der Waals surface area contributed by atoms with E-state index in [1.807, 2.05) is 60.9 Å². The molecule has 212 valence electrons. The van der Waals surface area contributed by atoms with Gasteiger partial charge in [0.25, 0.3) is 0 Å². The van der Waals surface area contributed by atoms with Crippen LogP contribution in [0.25, 0.3) is 10.8 Å². The fourth-order valence-corrected chi connectivity index (χ4v) is 6.02. The van der Waals surface area contributed by atoms with Crippen LogP contribution < -0.4 is 10.6 Å². The average molecular weight is 544 g/mol. The van der Waals surface area contributed by atoms with Gasteiger partial charge < -0.3 is 20.3 Å². The number of nitrogens with zero attached hydrogens (tertiary/aromatic N) is 4. The Morgan fingerprint density at radius 3 is 2.48 bits per heavy atom. The summed E-state index contributed by atoms with van der Waals surface area (Å²) in [6.07, 6.45) is 4.76. The first kappa shape index (κ1) is 27.7. The van der Waals surface area contributed by atoms with Crippen molar-refractivity contribution in [2.45, 2.75) is 70.9 Å². The molecule has 0 saturated carbocycles. The maximum atomic E-state index is 14.4. The van der Waals surface area contributed by atoms with Crippen LogP contribution in [0.1, 0.15) is 63.5 Å². The maximum absolute atomic E-state index is 14.4. The Labute approximate surface area is 237 Å². The number of rotatable bonds is 3. The molecule has 3 amide bonds. The van der Waals surface area contributed by atoms with E-state index in [2.05, 4.69) is 25.1 Å². The zero-order chi connectivity index (χ0) is 28.4. The summed E-state index contributed by atoms with van der Waals surface area (Å²) in [5.74, 6) is 1.03. The number of benzene rings is 2. The van der Waals surface area contributed by atoms with E-state index in [1.54, 1.807) is 11.1 Å². The number of piperidine rings is 2. The smallest absolute Gasteiger partial charge is 0.410 e. The third-order valence-electron chi connectivity index (χ3n) is 7.97. The number of amides is 3. The monoisotopic (exact) mass is 543 g/mol. The van der Waals surface area contributed by atoms with Crippen LogP contribution in [0.15, 0.2) is 54.7 Å². The number of pyridine rings is 1. The van der Waals surface area contributed by atoms with Crippen molar-refractivity contribution < 1.29 is 14.3 Å². The second-order valence-electron chi connectivity index (χ2n) is 12.1. The van der Waals surface area contributed by atoms with E-state index in [0.717, 1.165) is 47.7 Å². The number of hydrogen-bond donors (Lipinski definition) is 1. The summed E-state index contributed by atoms with van der Waals surface area (Å²) in [6.45, 7) is 10.0. The van der Waals surface area contributed by atoms with Crippen molar-refractivity contribution in [3.05, 3.63) is 65.9 Å². The molecule has 3 aromatic rings. The Hall–Kier alpha value is -3.81. The highest BCUT2D eigenvalue weighted by Crippen LogP contribution is 2.34. The summed E-state index contributed by atoms with van der Waals surface area (Å²) >= 11 is 0. The number of carbonyl (C=O) groups is 2. The molecule has 2 aliphatic heterocycles. The number of nitrogen functional groups attached to an aromatic ring is 1. The van der Waals surface area contributed by atoms with Crippen molar-refractivity contribution in [2.75, 3.05) is 36.8 Å². The number of urea groups is 1. The molecule has 1 atom stereocenters. The lowest BCUT2D eigenvalue weighted by Crippen LogP contribution is -2.56. The van der Waals surface area contributed by atoms with Crippen LogP contribution in [0, 0.1) is 6.92 Å². The number of likely N-dealkylation sites (tertiary alicyclic amines) is 2. The number of hydrogen-bond acceptors (Lipinski definition) is 5. The van der Waals surface area contributed by atoms with Gasteiger partial charge in [-0.2, -0.15) is 0 Å². The van der Waals surface area contributed by atoms with Gasteiger partial charge in [0.15, 0.2) is 0 Å². The summed E-state index contributed by atoms with van der Waals surface area (Å²) in [7, 11) is 0. The van der Waals surface area contributed by atoms with Gasteiger partial charge in [-0.15, -0.1) is 0 Å². The van der Waals surface area contributed by atoms with Crippen LogP contribution >= 0.6 is 0 Å². The lowest BCUT2D eigenvalue weighted by atomic mass is 9.89. The number of aromatic nitrogens is 1. The summed E-state index contributed by atoms with van der Waals surface area (Å²) in [6, 6.07) is 15.9. The van der Waals surface area contributed by atoms with Gasteiger partial charge in [-0.1, -0.05) is 30.3 Å². The van der Waals surface area contributed by atoms with Gasteiger partial charge in [0.2, 0.25) is 0 Å². The van der Waals surface area contributed by atoms with E-state index >= 15 is 0 Å². The molecule has 2 N–H and O–H groups in total. The van der Waals surface area contributed by atoms with Gasteiger partial charge in [0.1, 0.15) is 11.4 Å². The average Bonchev–Trinajstić information content (AvgIpc) is 2.93. The molecule has 0 bridgehead atoms. The van der Waals surface area contributed by atoms with Crippen molar-refractivity contribution in [1.29, 1.82) is 0 Å². The third kappa shape index (κ3) is 6.01. The van der Waals surface area contributed by atoms with Crippen molar-refractivity contribution in [3.63, 3.8) is 0 Å². The summed E-state index contributed by atoms with van der Waals surface area (Å²) < 4.78 is 5.69. The molecule has 5 rings (SSSR count). The number of carbonyl (C=O) groups excluding carboxylic acids is 2. The third-order valence-corrected chi connectivity index (χ3v) is 7.97. The molecule has 2 aliphatic rings. The maximum Gasteiger partial charge on any atom is 0.410 e. The molecule has 0 aliphatic carbocycles. The van der Waals surface area contributed by atoms with Gasteiger partial charge >= 0.3 is 12.1 Å². The number of aryl methyl sites for hydroxylation is 1. The standard InChI is InChI=1S/C32H41N5O3/c1-22-8-5-9-24-13-16-34-29(28(22)24)37(27-12-7-17-36(21-27)31(39)40-32(2,3)4)30(38)35-18-14-23(15-19-35)25-10-6-11-26(33)20-25/h5-6,8-11,13,16,20,23,27H,7,12,14-15,17-19,21,33H2,1-4H3/t27-/m1/s1. The fraction of sp³-hybridized carbons (Fsp3) is 0.469. The molecule has 2 aromatic carbocycles. The summed E-state index contributed by atoms with van der Waals surface area (Å²) in [5.41, 5.74) is 8.52. The quantitative estimate of drug-likeness (QED) is 0.390. The molecular formula is C32H41N5O3. The lowest BCUT2D eigenvalue weighted by Gasteiger charge is -2.42. The Balaban J connectivity index is 1.44. The van der Waals surface area contributed by atoms with Crippen LogP contribution in [0.4, 0.5) is 21.1 Å². The van der Waals surface area contributed by atoms with Crippen LogP contribution in [0.5, 0.6) is 0 Å². The van der Waals surface area contributed by atoms with Crippen LogP contribution in [0.2, 0.25) is 0 Å². The Bertz CT molecular complexity index is 1370. The normalized spacial score (nSPS) is 18.6. The molecule has 2 fully saturated rings. The molecular weight excluding hydrogens is 502 g/mol. The minimum Gasteiger partial charge on any atom is -0.444 e. The van der Waals surface area contributed by atoms with Crippen LogP contribution in [0.3, 0.4) is 0 Å². The summed E-state index contributed by atoms with van der Waals surface area (Å²) in [4.78, 5) is 37.8. The Morgan fingerprint density at radius 2 is 1.75 bits per heavy atom. The molecule has 8 heteroatoms. The lowest BCUT2D eigenvalue weighted by molar-refractivity contribution is 0.0197. The minimum absolute atomic E-state index is 0.0506. The SMILES string of the molecule is Cc1cccc2ccnc(N(C(=O)N3CCC(c4cccc(N)c4)CC3)[C@@H]3CCCN(C(=O)OC(C)(C)C)C3)c12. The van der Waals surface area contributed by atoms with E-state index in [4.69, 9.17) is 15.5 Å². The fourth-order valence-electron chi connectivity index (χ4n) is 6.02. The second-order valence-corrected chi connectivity index (χ2v) is 12.1. The van der Waals surface area contributed by atoms with Crippen LogP contribution in [-0.2, 0) is 4.74 Å². The van der Waals surface area contributed by atoms with Gasteiger partial charge in [0, 0.05) is 43.4 Å². The molecule has 0 spiro atoms. The predicted molar refractivity (Wildman–Crippen MR) is 160 cm³/mol. The van der Waals surface area contributed by atoms with E-state index in [1.165, 1.54) is 5.56 Å². The second kappa shape index (κ2) is 11.4. The first-order valence-corrected chi connectivity index (χ1v) is 14.4. The molecule has 0 unspecified atom stereocenters. The van der Waals surface area contributed by atoms with Crippen molar-refractivity contribution in [3.8, 4) is 0 Å². The molecule has 2 saturated heterocycles. The largest absolute Gasteiger partial charge is 0.444 e. The van der Waals surface area contributed by atoms with E-state index in [0.29, 0.717) is 37.9 Å². The highest BCUT2D eigenvalue weighted by atomic mass is 16.6. The number of anilines is 2. The van der Waals surface area contributed by atoms with Crippen molar-refractivity contribution in [2.24, 2.45) is 0 Å². The first-order valence-electron chi connectivity index (χ1n) is 14.4. The van der Waals surface area contributed by atoms with Gasteiger partial charge in [-0.3, -0.25) is 4.90 Å². The molecule has 3 heterocycles. The van der Waals surface area contributed by atoms with E-state index in [9.17, 15) is 9.59 Å². The Kier molecular flexibility index (Phi) is 7.88. The highest BCUT2D eigenvalue weighted by molar-refractivity contribution is 6.03. The molecule has 40 heavy (non-hydrogen) atoms. The molecule has 1 aromatic heterocycles. The summed E-state index contributed by atoms with van der Waals surface area (Å²) in [5, 5.41) is 2.02. The predicted octanol–water partition coefficient (Wildman–Crippen LogP) is 6.33. The first-order chi connectivity index (χ1) is 19.1. The van der Waals surface area contributed by atoms with Crippen molar-refractivity contribution in [1.82, 2.24) is 14.8 Å². The van der Waals surface area contributed by atoms with Gasteiger partial charge in [-0.25, -0.2) is 14.6 Å². The molecule has 8 nitrogen and oxygen atoms in total. The van der Waals surface area contributed by atoms with Crippen molar-refractivity contribution >= 4 is 34.4 Å². The Morgan fingerprint density at radius 1 is 1.00 bits per heavy atom. The minimum atomic E-state index is -0.582. The van der Waals surface area contributed by atoms with Gasteiger partial charge in [-0.05, 0) is 94.0 Å². The highest BCUT2D eigenvalue weighted by Gasteiger charge is 2.37. The zero-order valence-electron chi connectivity index (χ0n) is 24.1. The number of nitrogens with two attached hydrogens (primary N) is 1. The van der Waals surface area contributed by atoms with E-state index < -0.39 is 5.60 Å². The molecule has 0 radical (unpaired) electrons. The van der Waals surface area contributed by atoms with Gasteiger partial charge in [0.05, 0.1) is 6.04 Å².